The fraction of sp³-hybridized carbons (Fsp3) is 0.222. The van der Waals surface area contributed by atoms with Crippen LogP contribution in [0, 0.1) is 6.92 Å². The Labute approximate surface area is 154 Å². The highest BCUT2D eigenvalue weighted by molar-refractivity contribution is 7.17. The van der Waals surface area contributed by atoms with Crippen molar-refractivity contribution in [3.63, 3.8) is 0 Å². The van der Waals surface area contributed by atoms with Gasteiger partial charge in [-0.05, 0) is 42.4 Å². The maximum Gasteiger partial charge on any atom is 0.295 e. The van der Waals surface area contributed by atoms with E-state index in [2.05, 4.69) is 15.5 Å². The third kappa shape index (κ3) is 3.50. The van der Waals surface area contributed by atoms with Crippen LogP contribution in [-0.4, -0.2) is 27.8 Å². The third-order valence-electron chi connectivity index (χ3n) is 4.06. The van der Waals surface area contributed by atoms with Crippen molar-refractivity contribution in [1.82, 2.24) is 14.8 Å². The Balaban J connectivity index is 1.94. The second kappa shape index (κ2) is 7.49. The van der Waals surface area contributed by atoms with E-state index in [-0.39, 0.29) is 22.3 Å². The lowest BCUT2D eigenvalue weighted by atomic mass is 10.1. The average Bonchev–Trinajstić information content (AvgIpc) is 3.09. The van der Waals surface area contributed by atoms with Crippen LogP contribution in [0.1, 0.15) is 34.5 Å². The number of hydrogen-bond acceptors (Lipinski definition) is 6. The number of methoxy groups -OCH3 is 1. The molecule has 0 radical (unpaired) electrons. The Bertz CT molecular complexity index is 982. The lowest BCUT2D eigenvalue weighted by molar-refractivity contribution is 0.102. The molecule has 3 rings (SSSR count). The van der Waals surface area contributed by atoms with E-state index in [9.17, 15) is 9.59 Å². The van der Waals surface area contributed by atoms with E-state index in [0.29, 0.717) is 10.8 Å². The first kappa shape index (κ1) is 17.8. The van der Waals surface area contributed by atoms with E-state index in [1.54, 1.807) is 23.8 Å². The Kier molecular flexibility index (Phi) is 5.13. The normalized spacial score (nSPS) is 11.8. The second-order valence-electron chi connectivity index (χ2n) is 5.70. The second-order valence-corrected chi connectivity index (χ2v) is 6.64. The van der Waals surface area contributed by atoms with Crippen LogP contribution >= 0.6 is 11.3 Å². The van der Waals surface area contributed by atoms with Gasteiger partial charge in [-0.1, -0.05) is 35.4 Å². The Morgan fingerprint density at radius 2 is 1.96 bits per heavy atom. The standard InChI is InChI=1S/C18H18N4O3S/c1-11-9-10-22(12(2)13-7-5-4-6-8-13)16(24)14(11)15(23)19-17-20-21-18(25-3)26-17/h4-10,12H,1-3H3,(H,19,20,23). The Morgan fingerprint density at radius 3 is 2.62 bits per heavy atom. The molecule has 0 spiro atoms. The summed E-state index contributed by atoms with van der Waals surface area (Å²) in [4.78, 5) is 25.6. The van der Waals surface area contributed by atoms with Gasteiger partial charge in [0.15, 0.2) is 0 Å². The highest BCUT2D eigenvalue weighted by Gasteiger charge is 2.20. The molecular weight excluding hydrogens is 352 g/mol. The third-order valence-corrected chi connectivity index (χ3v) is 4.86. The van der Waals surface area contributed by atoms with Crippen molar-refractivity contribution in [2.75, 3.05) is 12.4 Å². The average molecular weight is 370 g/mol. The van der Waals surface area contributed by atoms with Crippen molar-refractivity contribution in [3.8, 4) is 5.19 Å². The summed E-state index contributed by atoms with van der Waals surface area (Å²) in [7, 11) is 1.47. The van der Waals surface area contributed by atoms with Gasteiger partial charge in [-0.2, -0.15) is 0 Å². The van der Waals surface area contributed by atoms with Crippen LogP contribution in [0.5, 0.6) is 5.19 Å². The van der Waals surface area contributed by atoms with Crippen LogP contribution in [-0.2, 0) is 0 Å². The zero-order valence-corrected chi connectivity index (χ0v) is 15.4. The molecule has 134 valence electrons. The number of nitrogens with zero attached hydrogens (tertiary/aromatic N) is 3. The number of aryl methyl sites for hydroxylation is 1. The molecule has 1 atom stereocenters. The number of aromatic nitrogens is 3. The molecular formula is C18H18N4O3S. The smallest absolute Gasteiger partial charge is 0.295 e. The van der Waals surface area contributed by atoms with E-state index in [1.807, 2.05) is 37.3 Å². The van der Waals surface area contributed by atoms with Gasteiger partial charge in [0.2, 0.25) is 5.13 Å². The van der Waals surface area contributed by atoms with Crippen molar-refractivity contribution < 1.29 is 9.53 Å². The monoisotopic (exact) mass is 370 g/mol. The number of amides is 1. The quantitative estimate of drug-likeness (QED) is 0.746. The van der Waals surface area contributed by atoms with Crippen LogP contribution in [0.3, 0.4) is 0 Å². The first-order chi connectivity index (χ1) is 12.5. The van der Waals surface area contributed by atoms with E-state index in [4.69, 9.17) is 4.74 Å². The molecule has 0 aliphatic rings. The molecule has 26 heavy (non-hydrogen) atoms. The molecule has 0 saturated carbocycles. The van der Waals surface area contributed by atoms with E-state index < -0.39 is 5.91 Å². The maximum atomic E-state index is 12.9. The van der Waals surface area contributed by atoms with Crippen LogP contribution in [0.25, 0.3) is 0 Å². The molecule has 7 nitrogen and oxygen atoms in total. The zero-order chi connectivity index (χ0) is 18.7. The van der Waals surface area contributed by atoms with Gasteiger partial charge in [-0.3, -0.25) is 14.9 Å². The topological polar surface area (TPSA) is 86.1 Å². The summed E-state index contributed by atoms with van der Waals surface area (Å²) in [5.41, 5.74) is 1.32. The minimum Gasteiger partial charge on any atom is -0.472 e. The van der Waals surface area contributed by atoms with Gasteiger partial charge < -0.3 is 9.30 Å². The fourth-order valence-electron chi connectivity index (χ4n) is 2.62. The number of anilines is 1. The molecule has 1 amide bonds. The lowest BCUT2D eigenvalue weighted by Crippen LogP contribution is -2.32. The van der Waals surface area contributed by atoms with Gasteiger partial charge in [0.1, 0.15) is 5.56 Å². The molecule has 0 bridgehead atoms. The van der Waals surface area contributed by atoms with E-state index in [0.717, 1.165) is 16.9 Å². The van der Waals surface area contributed by atoms with Crippen LogP contribution < -0.4 is 15.6 Å². The molecule has 3 aromatic rings. The zero-order valence-electron chi connectivity index (χ0n) is 14.6. The number of rotatable bonds is 5. The molecule has 0 aliphatic carbocycles. The van der Waals surface area contributed by atoms with Gasteiger partial charge >= 0.3 is 0 Å². The van der Waals surface area contributed by atoms with E-state index in [1.165, 1.54) is 7.11 Å². The van der Waals surface area contributed by atoms with Crippen molar-refractivity contribution in [3.05, 3.63) is 69.6 Å². The molecule has 0 saturated heterocycles. The van der Waals surface area contributed by atoms with Gasteiger partial charge in [-0.25, -0.2) is 0 Å². The number of nitrogens with one attached hydrogen (secondary N) is 1. The Morgan fingerprint density at radius 1 is 1.23 bits per heavy atom. The Hall–Kier alpha value is -3.00. The number of benzene rings is 1. The van der Waals surface area contributed by atoms with Crippen molar-refractivity contribution >= 4 is 22.4 Å². The summed E-state index contributed by atoms with van der Waals surface area (Å²) in [5, 5.41) is 10.8. The summed E-state index contributed by atoms with van der Waals surface area (Å²) < 4.78 is 6.51. The number of ether oxygens (including phenoxy) is 1. The molecule has 1 N–H and O–H groups in total. The molecule has 0 fully saturated rings. The highest BCUT2D eigenvalue weighted by atomic mass is 32.1. The molecule has 0 aliphatic heterocycles. The maximum absolute atomic E-state index is 12.9. The van der Waals surface area contributed by atoms with E-state index >= 15 is 0 Å². The molecule has 1 aromatic carbocycles. The van der Waals surface area contributed by atoms with Gasteiger partial charge in [0.25, 0.3) is 16.7 Å². The van der Waals surface area contributed by atoms with Gasteiger partial charge in [-0.15, -0.1) is 5.10 Å². The number of carbonyl (C=O) groups is 1. The largest absolute Gasteiger partial charge is 0.472 e. The minimum absolute atomic E-state index is 0.0875. The number of pyridine rings is 1. The van der Waals surface area contributed by atoms with Crippen LogP contribution in [0.15, 0.2) is 47.4 Å². The van der Waals surface area contributed by atoms with Crippen molar-refractivity contribution in [2.45, 2.75) is 19.9 Å². The first-order valence-corrected chi connectivity index (χ1v) is 8.78. The summed E-state index contributed by atoms with van der Waals surface area (Å²) in [6, 6.07) is 11.2. The molecule has 2 heterocycles. The van der Waals surface area contributed by atoms with Crippen molar-refractivity contribution in [2.24, 2.45) is 0 Å². The SMILES string of the molecule is COc1nnc(NC(=O)c2c(C)ccn(C(C)c3ccccc3)c2=O)s1. The van der Waals surface area contributed by atoms with Crippen LogP contribution in [0.2, 0.25) is 0 Å². The molecule has 2 aromatic heterocycles. The fourth-order valence-corrected chi connectivity index (χ4v) is 3.17. The highest BCUT2D eigenvalue weighted by Crippen LogP contribution is 2.22. The summed E-state index contributed by atoms with van der Waals surface area (Å²) in [5.74, 6) is -0.513. The predicted octanol–water partition coefficient (Wildman–Crippen LogP) is 2.88. The summed E-state index contributed by atoms with van der Waals surface area (Å²) in [6.45, 7) is 3.65. The minimum atomic E-state index is -0.513. The summed E-state index contributed by atoms with van der Waals surface area (Å²) >= 11 is 1.09. The molecule has 8 heteroatoms. The predicted molar refractivity (Wildman–Crippen MR) is 100 cm³/mol. The number of carbonyl (C=O) groups excluding carboxylic acids is 1. The van der Waals surface area contributed by atoms with Crippen LogP contribution in [0.4, 0.5) is 5.13 Å². The lowest BCUT2D eigenvalue weighted by Gasteiger charge is -2.17. The van der Waals surface area contributed by atoms with Gasteiger partial charge in [0.05, 0.1) is 13.2 Å². The summed E-state index contributed by atoms with van der Waals surface area (Å²) in [6.07, 6.45) is 1.71. The van der Waals surface area contributed by atoms with Crippen molar-refractivity contribution in [1.29, 1.82) is 0 Å². The van der Waals surface area contributed by atoms with Gasteiger partial charge in [0, 0.05) is 6.20 Å². The molecule has 1 unspecified atom stereocenters. The first-order valence-electron chi connectivity index (χ1n) is 7.96. The number of hydrogen-bond donors (Lipinski definition) is 1.